The largest absolute Gasteiger partial charge is 0.356 e. The summed E-state index contributed by atoms with van der Waals surface area (Å²) in [5.74, 6) is 0.662. The zero-order valence-corrected chi connectivity index (χ0v) is 18.6. The standard InChI is InChI=1S/C23H32N4O3/c1-16(2)26-20(15-21(28)27(17(3)4)23(26)30)24-11-6-12-25(14-13-24)22(29)19-9-7-18(5)8-10-19/h7-10,15-17H,6,11-14H2,1-5H3. The van der Waals surface area contributed by atoms with Gasteiger partial charge in [0.25, 0.3) is 11.5 Å². The van der Waals surface area contributed by atoms with Crippen LogP contribution in [0.3, 0.4) is 0 Å². The second kappa shape index (κ2) is 8.90. The molecule has 7 heteroatoms. The number of carbonyl (C=O) groups excluding carboxylic acids is 1. The predicted molar refractivity (Wildman–Crippen MR) is 120 cm³/mol. The summed E-state index contributed by atoms with van der Waals surface area (Å²) in [6, 6.07) is 8.91. The molecule has 1 aliphatic heterocycles. The molecule has 1 aromatic heterocycles. The van der Waals surface area contributed by atoms with Crippen LogP contribution in [0.4, 0.5) is 5.82 Å². The number of hydrogen-bond donors (Lipinski definition) is 0. The lowest BCUT2D eigenvalue weighted by molar-refractivity contribution is 0.0767. The highest BCUT2D eigenvalue weighted by molar-refractivity contribution is 5.94. The Labute approximate surface area is 177 Å². The second-order valence-corrected chi connectivity index (χ2v) is 8.55. The Morgan fingerprint density at radius 3 is 2.10 bits per heavy atom. The van der Waals surface area contributed by atoms with Crippen LogP contribution in [0, 0.1) is 6.92 Å². The number of carbonyl (C=O) groups is 1. The Kier molecular flexibility index (Phi) is 6.48. The third kappa shape index (κ3) is 4.35. The van der Waals surface area contributed by atoms with Gasteiger partial charge in [-0.1, -0.05) is 17.7 Å². The molecule has 0 N–H and O–H groups in total. The van der Waals surface area contributed by atoms with Crippen molar-refractivity contribution >= 4 is 11.7 Å². The number of benzene rings is 1. The normalized spacial score (nSPS) is 15.0. The third-order valence-electron chi connectivity index (χ3n) is 5.59. The van der Waals surface area contributed by atoms with Crippen LogP contribution in [0.15, 0.2) is 39.9 Å². The summed E-state index contributed by atoms with van der Waals surface area (Å²) in [7, 11) is 0. The summed E-state index contributed by atoms with van der Waals surface area (Å²) < 4.78 is 2.99. The average molecular weight is 413 g/mol. The summed E-state index contributed by atoms with van der Waals surface area (Å²) in [4.78, 5) is 42.5. The van der Waals surface area contributed by atoms with Gasteiger partial charge < -0.3 is 9.80 Å². The van der Waals surface area contributed by atoms with Gasteiger partial charge >= 0.3 is 5.69 Å². The van der Waals surface area contributed by atoms with Gasteiger partial charge in [0.1, 0.15) is 5.82 Å². The third-order valence-corrected chi connectivity index (χ3v) is 5.59. The highest BCUT2D eigenvalue weighted by atomic mass is 16.2. The lowest BCUT2D eigenvalue weighted by Gasteiger charge is -2.28. The van der Waals surface area contributed by atoms with Gasteiger partial charge in [-0.3, -0.25) is 18.7 Å². The number of nitrogens with zero attached hydrogens (tertiary/aromatic N) is 4. The van der Waals surface area contributed by atoms with E-state index in [0.29, 0.717) is 37.6 Å². The highest BCUT2D eigenvalue weighted by Crippen LogP contribution is 2.19. The molecule has 1 fully saturated rings. The van der Waals surface area contributed by atoms with E-state index in [-0.39, 0.29) is 29.2 Å². The first-order valence-electron chi connectivity index (χ1n) is 10.7. The van der Waals surface area contributed by atoms with Gasteiger partial charge in [0.15, 0.2) is 0 Å². The van der Waals surface area contributed by atoms with Crippen LogP contribution in [0.5, 0.6) is 0 Å². The predicted octanol–water partition coefficient (Wildman–Crippen LogP) is 2.83. The maximum atomic E-state index is 13.0. The van der Waals surface area contributed by atoms with Gasteiger partial charge in [0.2, 0.25) is 0 Å². The van der Waals surface area contributed by atoms with E-state index in [0.717, 1.165) is 12.0 Å². The number of hydrogen-bond acceptors (Lipinski definition) is 4. The second-order valence-electron chi connectivity index (χ2n) is 8.55. The van der Waals surface area contributed by atoms with Gasteiger partial charge in [0.05, 0.1) is 0 Å². The fraction of sp³-hybridized carbons (Fsp3) is 0.522. The van der Waals surface area contributed by atoms with E-state index in [1.165, 1.54) is 4.57 Å². The molecule has 0 atom stereocenters. The first-order valence-corrected chi connectivity index (χ1v) is 10.7. The van der Waals surface area contributed by atoms with Gasteiger partial charge in [0, 0.05) is 49.9 Å². The fourth-order valence-corrected chi connectivity index (χ4v) is 3.99. The molecule has 1 aromatic carbocycles. The number of aromatic nitrogens is 2. The molecule has 0 aliphatic carbocycles. The molecular weight excluding hydrogens is 380 g/mol. The summed E-state index contributed by atoms with van der Waals surface area (Å²) in [6.07, 6.45) is 0.775. The molecule has 0 saturated carbocycles. The molecular formula is C23H32N4O3. The molecule has 0 unspecified atom stereocenters. The van der Waals surface area contributed by atoms with Crippen molar-refractivity contribution in [3.05, 3.63) is 62.3 Å². The minimum absolute atomic E-state index is 0.0216. The zero-order valence-electron chi connectivity index (χ0n) is 18.6. The highest BCUT2D eigenvalue weighted by Gasteiger charge is 2.24. The Bertz CT molecular complexity index is 1020. The molecule has 30 heavy (non-hydrogen) atoms. The molecule has 1 aliphatic rings. The quantitative estimate of drug-likeness (QED) is 0.775. The zero-order chi connectivity index (χ0) is 22.0. The van der Waals surface area contributed by atoms with E-state index >= 15 is 0 Å². The topological polar surface area (TPSA) is 67.6 Å². The van der Waals surface area contributed by atoms with E-state index in [2.05, 4.69) is 4.90 Å². The molecule has 0 bridgehead atoms. The Hall–Kier alpha value is -2.83. The van der Waals surface area contributed by atoms with Crippen LogP contribution < -0.4 is 16.1 Å². The van der Waals surface area contributed by atoms with Crippen molar-refractivity contribution in [3.63, 3.8) is 0 Å². The van der Waals surface area contributed by atoms with Crippen LogP contribution in [0.2, 0.25) is 0 Å². The minimum atomic E-state index is -0.279. The summed E-state index contributed by atoms with van der Waals surface area (Å²) in [5.41, 5.74) is 1.25. The van der Waals surface area contributed by atoms with Crippen LogP contribution in [-0.2, 0) is 0 Å². The van der Waals surface area contributed by atoms with Crippen molar-refractivity contribution in [2.24, 2.45) is 0 Å². The Morgan fingerprint density at radius 2 is 1.50 bits per heavy atom. The molecule has 7 nitrogen and oxygen atoms in total. The van der Waals surface area contributed by atoms with E-state index in [1.807, 2.05) is 63.8 Å². The van der Waals surface area contributed by atoms with Gasteiger partial charge in [-0.25, -0.2) is 4.79 Å². The molecule has 0 radical (unpaired) electrons. The Morgan fingerprint density at radius 1 is 0.867 bits per heavy atom. The first-order chi connectivity index (χ1) is 14.2. The van der Waals surface area contributed by atoms with Gasteiger partial charge in [-0.05, 0) is 53.2 Å². The fourth-order valence-electron chi connectivity index (χ4n) is 3.99. The van der Waals surface area contributed by atoms with Gasteiger partial charge in [-0.2, -0.15) is 0 Å². The molecule has 2 heterocycles. The lowest BCUT2D eigenvalue weighted by Crippen LogP contribution is -2.45. The van der Waals surface area contributed by atoms with E-state index in [4.69, 9.17) is 0 Å². The van der Waals surface area contributed by atoms with Crippen molar-refractivity contribution in [1.29, 1.82) is 0 Å². The number of rotatable bonds is 4. The molecule has 1 amide bonds. The van der Waals surface area contributed by atoms with Crippen LogP contribution in [0.25, 0.3) is 0 Å². The first kappa shape index (κ1) is 21.9. The van der Waals surface area contributed by atoms with E-state index in [9.17, 15) is 14.4 Å². The van der Waals surface area contributed by atoms with E-state index < -0.39 is 0 Å². The van der Waals surface area contributed by atoms with Crippen molar-refractivity contribution in [1.82, 2.24) is 14.0 Å². The summed E-state index contributed by atoms with van der Waals surface area (Å²) >= 11 is 0. The minimum Gasteiger partial charge on any atom is -0.356 e. The number of amides is 1. The molecule has 1 saturated heterocycles. The number of aryl methyl sites for hydroxylation is 1. The SMILES string of the molecule is Cc1ccc(C(=O)N2CCCN(c3cc(=O)n(C(C)C)c(=O)n3C(C)C)CC2)cc1. The van der Waals surface area contributed by atoms with Crippen molar-refractivity contribution < 1.29 is 4.79 Å². The Balaban J connectivity index is 1.88. The lowest BCUT2D eigenvalue weighted by atomic mass is 10.1. The maximum Gasteiger partial charge on any atom is 0.333 e. The van der Waals surface area contributed by atoms with Crippen molar-refractivity contribution in [2.75, 3.05) is 31.1 Å². The van der Waals surface area contributed by atoms with Crippen LogP contribution >= 0.6 is 0 Å². The summed E-state index contributed by atoms with van der Waals surface area (Å²) in [5, 5.41) is 0. The van der Waals surface area contributed by atoms with Gasteiger partial charge in [-0.15, -0.1) is 0 Å². The maximum absolute atomic E-state index is 13.0. The monoisotopic (exact) mass is 412 g/mol. The van der Waals surface area contributed by atoms with Crippen LogP contribution in [-0.4, -0.2) is 46.1 Å². The molecule has 2 aromatic rings. The van der Waals surface area contributed by atoms with Crippen molar-refractivity contribution in [3.8, 4) is 0 Å². The smallest absolute Gasteiger partial charge is 0.333 e. The molecule has 162 valence electrons. The average Bonchev–Trinajstić information content (AvgIpc) is 2.93. The van der Waals surface area contributed by atoms with Crippen LogP contribution in [0.1, 0.15) is 62.1 Å². The summed E-state index contributed by atoms with van der Waals surface area (Å²) in [6.45, 7) is 12.0. The molecule has 0 spiro atoms. The van der Waals surface area contributed by atoms with Crippen molar-refractivity contribution in [2.45, 2.75) is 53.1 Å². The van der Waals surface area contributed by atoms with E-state index in [1.54, 1.807) is 10.6 Å². The molecule has 3 rings (SSSR count). The number of anilines is 1.